The number of hydrogen-bond acceptors (Lipinski definition) is 4. The van der Waals surface area contributed by atoms with Gasteiger partial charge >= 0.3 is 0 Å². The molecule has 4 nitrogen and oxygen atoms in total. The van der Waals surface area contributed by atoms with Crippen molar-refractivity contribution in [2.45, 2.75) is 12.5 Å². The van der Waals surface area contributed by atoms with E-state index in [9.17, 15) is 0 Å². The summed E-state index contributed by atoms with van der Waals surface area (Å²) in [5.41, 5.74) is 2.12. The van der Waals surface area contributed by atoms with E-state index < -0.39 is 0 Å². The predicted molar refractivity (Wildman–Crippen MR) is 67.6 cm³/mol. The Hall–Kier alpha value is -1.55. The molecule has 1 aliphatic rings. The van der Waals surface area contributed by atoms with Crippen LogP contribution in [0.25, 0.3) is 0 Å². The van der Waals surface area contributed by atoms with Crippen LogP contribution in [-0.2, 0) is 4.84 Å². The Balaban J connectivity index is 1.99. The summed E-state index contributed by atoms with van der Waals surface area (Å²) in [4.78, 5) is 7.51. The summed E-state index contributed by atoms with van der Waals surface area (Å²) in [5.74, 6) is 0.859. The average Bonchev–Trinajstić information content (AvgIpc) is 2.77. The molecule has 0 N–H and O–H groups in total. The molecule has 92 valence electrons. The fourth-order valence-corrected chi connectivity index (χ4v) is 1.89. The summed E-state index contributed by atoms with van der Waals surface area (Å²) in [6.07, 6.45) is 1.03. The fourth-order valence-electron chi connectivity index (χ4n) is 1.89. The Bertz CT molecular complexity index is 398. The zero-order valence-electron chi connectivity index (χ0n) is 10.5. The highest BCUT2D eigenvalue weighted by atomic mass is 16.6. The third-order valence-electron chi connectivity index (χ3n) is 2.73. The third kappa shape index (κ3) is 2.97. The standard InChI is InChI=1S/C13H18N2O2/c1-15(2)9-12-8-13(14-17-12)10-4-6-11(16-3)7-5-10/h4-7,12H,8-9H2,1-3H3. The fraction of sp³-hybridized carbons (Fsp3) is 0.462. The topological polar surface area (TPSA) is 34.1 Å². The molecular weight excluding hydrogens is 216 g/mol. The van der Waals surface area contributed by atoms with Crippen LogP contribution < -0.4 is 4.74 Å². The van der Waals surface area contributed by atoms with Gasteiger partial charge in [-0.3, -0.25) is 0 Å². The molecule has 1 atom stereocenters. The van der Waals surface area contributed by atoms with E-state index in [0.29, 0.717) is 0 Å². The molecule has 0 aliphatic carbocycles. The summed E-state index contributed by atoms with van der Waals surface area (Å²) in [6.45, 7) is 0.892. The van der Waals surface area contributed by atoms with Crippen molar-refractivity contribution in [3.63, 3.8) is 0 Å². The SMILES string of the molecule is COc1ccc(C2=NOC(CN(C)C)C2)cc1. The number of oxime groups is 1. The Morgan fingerprint density at radius 2 is 2.06 bits per heavy atom. The van der Waals surface area contributed by atoms with Crippen LogP contribution >= 0.6 is 0 Å². The lowest BCUT2D eigenvalue weighted by Crippen LogP contribution is -2.26. The largest absolute Gasteiger partial charge is 0.497 e. The molecule has 4 heteroatoms. The highest BCUT2D eigenvalue weighted by Gasteiger charge is 2.22. The van der Waals surface area contributed by atoms with E-state index in [0.717, 1.165) is 30.0 Å². The second-order valence-electron chi connectivity index (χ2n) is 4.46. The van der Waals surface area contributed by atoms with E-state index >= 15 is 0 Å². The maximum atomic E-state index is 5.40. The number of hydrogen-bond donors (Lipinski definition) is 0. The monoisotopic (exact) mass is 234 g/mol. The maximum absolute atomic E-state index is 5.40. The third-order valence-corrected chi connectivity index (χ3v) is 2.73. The first-order valence-corrected chi connectivity index (χ1v) is 5.71. The van der Waals surface area contributed by atoms with Crippen LogP contribution in [0.5, 0.6) is 5.75 Å². The first-order valence-electron chi connectivity index (χ1n) is 5.71. The minimum Gasteiger partial charge on any atom is -0.497 e. The van der Waals surface area contributed by atoms with E-state index in [1.165, 1.54) is 0 Å². The molecule has 0 saturated carbocycles. The van der Waals surface area contributed by atoms with Gasteiger partial charge < -0.3 is 14.5 Å². The quantitative estimate of drug-likeness (QED) is 0.796. The minimum absolute atomic E-state index is 0.169. The van der Waals surface area contributed by atoms with Crippen molar-refractivity contribution in [3.05, 3.63) is 29.8 Å². The lowest BCUT2D eigenvalue weighted by molar-refractivity contribution is 0.0650. The van der Waals surface area contributed by atoms with Gasteiger partial charge in [0.1, 0.15) is 11.9 Å². The molecule has 0 spiro atoms. The number of likely N-dealkylation sites (N-methyl/N-ethyl adjacent to an activating group) is 1. The number of ether oxygens (including phenoxy) is 1. The van der Waals surface area contributed by atoms with Crippen LogP contribution in [-0.4, -0.2) is 44.5 Å². The average molecular weight is 234 g/mol. The van der Waals surface area contributed by atoms with Gasteiger partial charge in [0.05, 0.1) is 12.8 Å². The maximum Gasteiger partial charge on any atom is 0.145 e. The van der Waals surface area contributed by atoms with Crippen molar-refractivity contribution in [2.75, 3.05) is 27.7 Å². The van der Waals surface area contributed by atoms with Crippen LogP contribution in [0.3, 0.4) is 0 Å². The number of nitrogens with zero attached hydrogens (tertiary/aromatic N) is 2. The summed E-state index contributed by atoms with van der Waals surface area (Å²) >= 11 is 0. The molecule has 0 amide bonds. The lowest BCUT2D eigenvalue weighted by atomic mass is 10.0. The van der Waals surface area contributed by atoms with Crippen LogP contribution in [0, 0.1) is 0 Å². The number of rotatable bonds is 4. The van der Waals surface area contributed by atoms with E-state index in [4.69, 9.17) is 9.57 Å². The summed E-state index contributed by atoms with van der Waals surface area (Å²) in [6, 6.07) is 7.91. The molecule has 1 aromatic carbocycles. The molecule has 1 unspecified atom stereocenters. The highest BCUT2D eigenvalue weighted by molar-refractivity contribution is 6.01. The molecule has 0 radical (unpaired) electrons. The van der Waals surface area contributed by atoms with Crippen molar-refractivity contribution in [1.82, 2.24) is 4.90 Å². The second-order valence-corrected chi connectivity index (χ2v) is 4.46. The van der Waals surface area contributed by atoms with Crippen molar-refractivity contribution < 1.29 is 9.57 Å². The molecule has 1 aliphatic heterocycles. The Labute approximate surface area is 102 Å². The molecule has 1 aromatic rings. The molecule has 0 aromatic heterocycles. The van der Waals surface area contributed by atoms with E-state index in [2.05, 4.69) is 10.1 Å². The normalized spacial score (nSPS) is 19.1. The van der Waals surface area contributed by atoms with Gasteiger partial charge in [0.15, 0.2) is 0 Å². The van der Waals surface area contributed by atoms with Gasteiger partial charge in [-0.25, -0.2) is 0 Å². The van der Waals surface area contributed by atoms with Crippen LogP contribution in [0.2, 0.25) is 0 Å². The number of benzene rings is 1. The van der Waals surface area contributed by atoms with E-state index in [1.807, 2.05) is 38.4 Å². The first kappa shape index (κ1) is 11.9. The Morgan fingerprint density at radius 1 is 1.35 bits per heavy atom. The minimum atomic E-state index is 0.169. The zero-order chi connectivity index (χ0) is 12.3. The molecule has 17 heavy (non-hydrogen) atoms. The van der Waals surface area contributed by atoms with Crippen LogP contribution in [0.4, 0.5) is 0 Å². The zero-order valence-corrected chi connectivity index (χ0v) is 10.5. The Kier molecular flexibility index (Phi) is 3.64. The van der Waals surface area contributed by atoms with Crippen molar-refractivity contribution in [2.24, 2.45) is 5.16 Å². The van der Waals surface area contributed by atoms with Gasteiger partial charge in [0, 0.05) is 13.0 Å². The highest BCUT2D eigenvalue weighted by Crippen LogP contribution is 2.19. The predicted octanol–water partition coefficient (Wildman–Crippen LogP) is 1.75. The Morgan fingerprint density at radius 3 is 2.65 bits per heavy atom. The second kappa shape index (κ2) is 5.19. The van der Waals surface area contributed by atoms with Gasteiger partial charge in [-0.1, -0.05) is 5.16 Å². The summed E-state index contributed by atoms with van der Waals surface area (Å²) in [5, 5.41) is 4.15. The van der Waals surface area contributed by atoms with Gasteiger partial charge in [0.25, 0.3) is 0 Å². The lowest BCUT2D eigenvalue weighted by Gasteiger charge is -2.13. The van der Waals surface area contributed by atoms with E-state index in [1.54, 1.807) is 7.11 Å². The van der Waals surface area contributed by atoms with Gasteiger partial charge in [-0.05, 0) is 43.9 Å². The van der Waals surface area contributed by atoms with Crippen molar-refractivity contribution >= 4 is 5.71 Å². The molecule has 2 rings (SSSR count). The summed E-state index contributed by atoms with van der Waals surface area (Å²) < 4.78 is 5.13. The van der Waals surface area contributed by atoms with Crippen LogP contribution in [0.15, 0.2) is 29.4 Å². The van der Waals surface area contributed by atoms with Gasteiger partial charge in [0.2, 0.25) is 0 Å². The molecule has 1 heterocycles. The number of methoxy groups -OCH3 is 1. The van der Waals surface area contributed by atoms with Gasteiger partial charge in [-0.15, -0.1) is 0 Å². The molecule has 0 saturated heterocycles. The molecule has 0 bridgehead atoms. The van der Waals surface area contributed by atoms with Crippen LogP contribution in [0.1, 0.15) is 12.0 Å². The van der Waals surface area contributed by atoms with E-state index in [-0.39, 0.29) is 6.10 Å². The molecular formula is C13H18N2O2. The molecule has 0 fully saturated rings. The van der Waals surface area contributed by atoms with Crippen molar-refractivity contribution in [1.29, 1.82) is 0 Å². The smallest absolute Gasteiger partial charge is 0.145 e. The van der Waals surface area contributed by atoms with Crippen molar-refractivity contribution in [3.8, 4) is 5.75 Å². The summed E-state index contributed by atoms with van der Waals surface area (Å²) in [7, 11) is 5.74. The van der Waals surface area contributed by atoms with Gasteiger partial charge in [-0.2, -0.15) is 0 Å². The first-order chi connectivity index (χ1) is 8.19.